The number of benzene rings is 1. The van der Waals surface area contributed by atoms with E-state index >= 15 is 0 Å². The van der Waals surface area contributed by atoms with Crippen LogP contribution in [-0.2, 0) is 0 Å². The molecule has 0 saturated heterocycles. The summed E-state index contributed by atoms with van der Waals surface area (Å²) in [5.74, 6) is 1.09. The molecule has 4 nitrogen and oxygen atoms in total. The van der Waals surface area contributed by atoms with E-state index in [1.807, 2.05) is 38.4 Å². The number of nitrogens with zero attached hydrogens (tertiary/aromatic N) is 2. The van der Waals surface area contributed by atoms with Gasteiger partial charge in [0, 0.05) is 23.5 Å². The van der Waals surface area contributed by atoms with Crippen molar-refractivity contribution in [1.82, 2.24) is 9.97 Å². The van der Waals surface area contributed by atoms with Crippen molar-refractivity contribution >= 4 is 11.6 Å². The first-order chi connectivity index (χ1) is 10.5. The summed E-state index contributed by atoms with van der Waals surface area (Å²) in [7, 11) is 0. The van der Waals surface area contributed by atoms with Crippen LogP contribution >= 0.6 is 0 Å². The molecule has 2 aromatic heterocycles. The number of aromatic nitrogens is 2. The molecule has 0 amide bonds. The Balaban J connectivity index is 1.99. The average molecular weight is 290 g/mol. The van der Waals surface area contributed by atoms with Crippen LogP contribution in [0, 0.1) is 13.8 Å². The quantitative estimate of drug-likeness (QED) is 0.756. The third-order valence-electron chi connectivity index (χ3n) is 3.77. The minimum absolute atomic E-state index is 0.543. The van der Waals surface area contributed by atoms with E-state index in [4.69, 9.17) is 11.5 Å². The fourth-order valence-electron chi connectivity index (χ4n) is 2.59. The van der Waals surface area contributed by atoms with Gasteiger partial charge in [-0.25, -0.2) is 9.97 Å². The zero-order chi connectivity index (χ0) is 15.7. The van der Waals surface area contributed by atoms with Gasteiger partial charge in [-0.2, -0.15) is 0 Å². The van der Waals surface area contributed by atoms with Crippen LogP contribution in [0.15, 0.2) is 48.8 Å². The van der Waals surface area contributed by atoms with Crippen LogP contribution in [0.5, 0.6) is 0 Å². The minimum atomic E-state index is 0.543. The molecule has 0 spiro atoms. The standard InChI is InChI=1S/C18H18N4/c1-11-7-17(19)21-9-15(11)13-3-5-14(6-4-13)16-10-22-18(20)8-12(16)2/h3-10H,1-2H3,(H2,19,21)(H2,20,22). The number of nitrogens with two attached hydrogens (primary N) is 2. The smallest absolute Gasteiger partial charge is 0.123 e. The molecule has 4 N–H and O–H groups in total. The number of rotatable bonds is 2. The molecule has 0 aliphatic heterocycles. The second-order valence-electron chi connectivity index (χ2n) is 5.43. The van der Waals surface area contributed by atoms with Crippen molar-refractivity contribution in [3.05, 3.63) is 59.9 Å². The number of hydrogen-bond donors (Lipinski definition) is 2. The van der Waals surface area contributed by atoms with Crippen molar-refractivity contribution < 1.29 is 0 Å². The maximum absolute atomic E-state index is 5.71. The number of anilines is 2. The number of pyridine rings is 2. The van der Waals surface area contributed by atoms with E-state index in [1.54, 1.807) is 0 Å². The lowest BCUT2D eigenvalue weighted by molar-refractivity contribution is 1.29. The van der Waals surface area contributed by atoms with Crippen LogP contribution in [0.25, 0.3) is 22.3 Å². The van der Waals surface area contributed by atoms with Crippen LogP contribution in [0.4, 0.5) is 11.6 Å². The van der Waals surface area contributed by atoms with E-state index in [2.05, 4.69) is 34.2 Å². The largest absolute Gasteiger partial charge is 0.384 e. The predicted octanol–water partition coefficient (Wildman–Crippen LogP) is 3.59. The first-order valence-electron chi connectivity index (χ1n) is 7.09. The van der Waals surface area contributed by atoms with E-state index < -0.39 is 0 Å². The van der Waals surface area contributed by atoms with Gasteiger partial charge in [0.25, 0.3) is 0 Å². The molecule has 0 aliphatic carbocycles. The molecule has 110 valence electrons. The van der Waals surface area contributed by atoms with Gasteiger partial charge in [-0.3, -0.25) is 0 Å². The molecule has 3 aromatic rings. The molecule has 3 rings (SSSR count). The first kappa shape index (κ1) is 14.1. The molecule has 4 heteroatoms. The van der Waals surface area contributed by atoms with Gasteiger partial charge in [0.1, 0.15) is 11.6 Å². The van der Waals surface area contributed by atoms with E-state index in [0.29, 0.717) is 11.6 Å². The Morgan fingerprint density at radius 1 is 0.682 bits per heavy atom. The summed E-state index contributed by atoms with van der Waals surface area (Å²) in [5, 5.41) is 0. The highest BCUT2D eigenvalue weighted by Gasteiger charge is 2.06. The zero-order valence-corrected chi connectivity index (χ0v) is 12.7. The Labute approximate surface area is 129 Å². The van der Waals surface area contributed by atoms with Gasteiger partial charge in [0.05, 0.1) is 0 Å². The summed E-state index contributed by atoms with van der Waals surface area (Å²) < 4.78 is 0. The van der Waals surface area contributed by atoms with Gasteiger partial charge in [0.2, 0.25) is 0 Å². The van der Waals surface area contributed by atoms with Gasteiger partial charge in [-0.05, 0) is 48.2 Å². The van der Waals surface area contributed by atoms with Crippen LogP contribution in [0.3, 0.4) is 0 Å². The fourth-order valence-corrected chi connectivity index (χ4v) is 2.59. The molecule has 0 aliphatic rings. The van der Waals surface area contributed by atoms with E-state index in [9.17, 15) is 0 Å². The van der Waals surface area contributed by atoms with Crippen LogP contribution in [-0.4, -0.2) is 9.97 Å². The summed E-state index contributed by atoms with van der Waals surface area (Å²) in [6.07, 6.45) is 3.63. The molecule has 0 radical (unpaired) electrons. The lowest BCUT2D eigenvalue weighted by atomic mass is 9.98. The number of hydrogen-bond acceptors (Lipinski definition) is 4. The highest BCUT2D eigenvalue weighted by molar-refractivity contribution is 5.73. The predicted molar refractivity (Wildman–Crippen MR) is 91.2 cm³/mol. The van der Waals surface area contributed by atoms with Crippen LogP contribution in [0.2, 0.25) is 0 Å². The molecule has 22 heavy (non-hydrogen) atoms. The molecule has 1 aromatic carbocycles. The second kappa shape index (κ2) is 5.48. The Bertz CT molecular complexity index is 752. The first-order valence-corrected chi connectivity index (χ1v) is 7.09. The third kappa shape index (κ3) is 2.63. The van der Waals surface area contributed by atoms with Gasteiger partial charge in [-0.1, -0.05) is 24.3 Å². The Kier molecular flexibility index (Phi) is 3.51. The minimum Gasteiger partial charge on any atom is -0.384 e. The Hall–Kier alpha value is -2.88. The summed E-state index contributed by atoms with van der Waals surface area (Å²) >= 11 is 0. The van der Waals surface area contributed by atoms with Gasteiger partial charge in [-0.15, -0.1) is 0 Å². The van der Waals surface area contributed by atoms with Crippen LogP contribution in [0.1, 0.15) is 11.1 Å². The van der Waals surface area contributed by atoms with Gasteiger partial charge in [0.15, 0.2) is 0 Å². The lowest BCUT2D eigenvalue weighted by Crippen LogP contribution is -1.94. The van der Waals surface area contributed by atoms with Crippen molar-refractivity contribution in [2.45, 2.75) is 13.8 Å². The molecule has 0 saturated carbocycles. The Morgan fingerprint density at radius 3 is 1.36 bits per heavy atom. The Morgan fingerprint density at radius 2 is 1.05 bits per heavy atom. The highest BCUT2D eigenvalue weighted by Crippen LogP contribution is 2.28. The van der Waals surface area contributed by atoms with E-state index in [-0.39, 0.29) is 0 Å². The van der Waals surface area contributed by atoms with Crippen molar-refractivity contribution in [2.24, 2.45) is 0 Å². The maximum Gasteiger partial charge on any atom is 0.123 e. The van der Waals surface area contributed by atoms with E-state index in [0.717, 1.165) is 33.4 Å². The normalized spacial score (nSPS) is 10.6. The van der Waals surface area contributed by atoms with Gasteiger partial charge >= 0.3 is 0 Å². The molecule has 0 fully saturated rings. The second-order valence-corrected chi connectivity index (χ2v) is 5.43. The number of aryl methyl sites for hydroxylation is 2. The molecule has 0 unspecified atom stereocenters. The zero-order valence-electron chi connectivity index (χ0n) is 12.7. The average Bonchev–Trinajstić information content (AvgIpc) is 2.48. The number of nitrogen functional groups attached to an aromatic ring is 2. The third-order valence-corrected chi connectivity index (χ3v) is 3.77. The summed E-state index contributed by atoms with van der Waals surface area (Å²) in [5.41, 5.74) is 18.1. The summed E-state index contributed by atoms with van der Waals surface area (Å²) in [6.45, 7) is 4.07. The summed E-state index contributed by atoms with van der Waals surface area (Å²) in [4.78, 5) is 8.35. The van der Waals surface area contributed by atoms with Crippen molar-refractivity contribution in [1.29, 1.82) is 0 Å². The van der Waals surface area contributed by atoms with Crippen LogP contribution < -0.4 is 11.5 Å². The van der Waals surface area contributed by atoms with Gasteiger partial charge < -0.3 is 11.5 Å². The van der Waals surface area contributed by atoms with Crippen molar-refractivity contribution in [3.8, 4) is 22.3 Å². The maximum atomic E-state index is 5.71. The topological polar surface area (TPSA) is 77.8 Å². The fraction of sp³-hybridized carbons (Fsp3) is 0.111. The molecule has 2 heterocycles. The molecular weight excluding hydrogens is 272 g/mol. The van der Waals surface area contributed by atoms with E-state index in [1.165, 1.54) is 0 Å². The lowest BCUT2D eigenvalue weighted by Gasteiger charge is -2.09. The monoisotopic (exact) mass is 290 g/mol. The summed E-state index contributed by atoms with van der Waals surface area (Å²) in [6, 6.07) is 12.1. The molecule has 0 atom stereocenters. The highest BCUT2D eigenvalue weighted by atomic mass is 14.8. The molecule has 0 bridgehead atoms. The molecular formula is C18H18N4. The SMILES string of the molecule is Cc1cc(N)ncc1-c1ccc(-c2cnc(N)cc2C)cc1. The van der Waals surface area contributed by atoms with Crippen molar-refractivity contribution in [2.75, 3.05) is 11.5 Å². The van der Waals surface area contributed by atoms with Crippen molar-refractivity contribution in [3.63, 3.8) is 0 Å².